The van der Waals surface area contributed by atoms with Crippen LogP contribution in [0.2, 0.25) is 0 Å². The molecule has 0 N–H and O–H groups in total. The van der Waals surface area contributed by atoms with Gasteiger partial charge in [0.25, 0.3) is 0 Å². The second-order valence-electron chi connectivity index (χ2n) is 3.88. The molecular weight excluding hydrogens is 152 g/mol. The minimum absolute atomic E-state index is 0.000337. The number of rotatable bonds is 6. The summed E-state index contributed by atoms with van der Waals surface area (Å²) in [6.07, 6.45) is 1.34. The average molecular weight is 174 g/mol. The molecule has 0 aromatic rings. The first-order chi connectivity index (χ1) is 5.48. The minimum Gasteiger partial charge on any atom is -0.376 e. The molecule has 0 saturated heterocycles. The largest absolute Gasteiger partial charge is 0.376 e. The zero-order valence-electron chi connectivity index (χ0n) is 9.02. The predicted molar refractivity (Wildman–Crippen MR) is 51.4 cm³/mol. The second kappa shape index (κ2) is 5.55. The number of hydrogen-bond acceptors (Lipinski definition) is 2. The highest BCUT2D eigenvalue weighted by molar-refractivity contribution is 4.64. The van der Waals surface area contributed by atoms with Gasteiger partial charge in [0.1, 0.15) is 0 Å². The molecule has 0 atom stereocenters. The third kappa shape index (κ3) is 6.62. The van der Waals surface area contributed by atoms with Gasteiger partial charge in [-0.1, -0.05) is 6.92 Å². The third-order valence-corrected chi connectivity index (χ3v) is 1.88. The maximum Gasteiger partial charge on any atom is 0.0707 e. The monoisotopic (exact) mass is 174 g/mol. The van der Waals surface area contributed by atoms with Crippen LogP contribution in [0.5, 0.6) is 0 Å². The van der Waals surface area contributed by atoms with Crippen LogP contribution < -0.4 is 0 Å². The first-order valence-electron chi connectivity index (χ1n) is 4.73. The molecule has 0 bridgehead atoms. The number of hydrogen-bond donors (Lipinski definition) is 0. The van der Waals surface area contributed by atoms with Crippen molar-refractivity contribution in [1.29, 1.82) is 0 Å². The van der Waals surface area contributed by atoms with Gasteiger partial charge in [-0.05, 0) is 34.1 Å². The molecule has 0 rings (SSSR count). The lowest BCUT2D eigenvalue weighted by atomic mass is 10.1. The molecule has 0 fully saturated rings. The lowest BCUT2D eigenvalue weighted by Gasteiger charge is -2.23. The zero-order valence-corrected chi connectivity index (χ0v) is 9.02. The molecule has 2 heteroatoms. The molecule has 0 aliphatic carbocycles. The van der Waals surface area contributed by atoms with E-state index in [0.717, 1.165) is 6.42 Å². The van der Waals surface area contributed by atoms with Gasteiger partial charge >= 0.3 is 0 Å². The van der Waals surface area contributed by atoms with Crippen LogP contribution in [0.3, 0.4) is 0 Å². The Labute approximate surface area is 76.3 Å². The Morgan fingerprint density at radius 1 is 1.17 bits per heavy atom. The van der Waals surface area contributed by atoms with E-state index in [2.05, 4.69) is 20.8 Å². The molecule has 0 spiro atoms. The van der Waals surface area contributed by atoms with Gasteiger partial charge in [-0.2, -0.15) is 0 Å². The number of ether oxygens (including phenoxy) is 2. The van der Waals surface area contributed by atoms with Crippen molar-refractivity contribution in [3.05, 3.63) is 0 Å². The van der Waals surface area contributed by atoms with Gasteiger partial charge in [-0.3, -0.25) is 0 Å². The molecule has 0 aliphatic rings. The Kier molecular flexibility index (Phi) is 5.51. The standard InChI is InChI=1S/C10H22O2/c1-6-10(4,5)12-8-7-11-9(2)3/h9H,6-8H2,1-5H3. The lowest BCUT2D eigenvalue weighted by molar-refractivity contribution is -0.0566. The van der Waals surface area contributed by atoms with Gasteiger partial charge in [-0.15, -0.1) is 0 Å². The average Bonchev–Trinajstić information content (AvgIpc) is 1.98. The molecule has 0 aromatic carbocycles. The van der Waals surface area contributed by atoms with Crippen LogP contribution in [0, 0.1) is 0 Å². The van der Waals surface area contributed by atoms with Crippen LogP contribution in [0.1, 0.15) is 41.0 Å². The van der Waals surface area contributed by atoms with Crippen LogP contribution >= 0.6 is 0 Å². The van der Waals surface area contributed by atoms with Gasteiger partial charge < -0.3 is 9.47 Å². The molecule has 0 saturated carbocycles. The molecule has 0 unspecified atom stereocenters. The Bertz CT molecular complexity index is 108. The van der Waals surface area contributed by atoms with E-state index >= 15 is 0 Å². The van der Waals surface area contributed by atoms with E-state index in [1.165, 1.54) is 0 Å². The third-order valence-electron chi connectivity index (χ3n) is 1.88. The normalized spacial score (nSPS) is 12.5. The summed E-state index contributed by atoms with van der Waals surface area (Å²) in [5.74, 6) is 0. The van der Waals surface area contributed by atoms with Crippen molar-refractivity contribution in [2.45, 2.75) is 52.7 Å². The van der Waals surface area contributed by atoms with Gasteiger partial charge in [0.05, 0.1) is 24.9 Å². The van der Waals surface area contributed by atoms with E-state index in [4.69, 9.17) is 9.47 Å². The molecule has 0 amide bonds. The molecule has 74 valence electrons. The van der Waals surface area contributed by atoms with Gasteiger partial charge in [-0.25, -0.2) is 0 Å². The van der Waals surface area contributed by atoms with Gasteiger partial charge in [0.2, 0.25) is 0 Å². The summed E-state index contributed by atoms with van der Waals surface area (Å²) in [7, 11) is 0. The highest BCUT2D eigenvalue weighted by Crippen LogP contribution is 2.12. The van der Waals surface area contributed by atoms with Crippen LogP contribution in [0.4, 0.5) is 0 Å². The molecule has 2 nitrogen and oxygen atoms in total. The predicted octanol–water partition coefficient (Wildman–Crippen LogP) is 2.62. The fourth-order valence-corrected chi connectivity index (χ4v) is 0.704. The van der Waals surface area contributed by atoms with Crippen molar-refractivity contribution in [2.24, 2.45) is 0 Å². The lowest BCUT2D eigenvalue weighted by Crippen LogP contribution is -2.25. The SMILES string of the molecule is CCC(C)(C)OCCOC(C)C. The summed E-state index contributed by atoms with van der Waals surface area (Å²) in [4.78, 5) is 0. The summed E-state index contributed by atoms with van der Waals surface area (Å²) >= 11 is 0. The van der Waals surface area contributed by atoms with E-state index in [1.54, 1.807) is 0 Å². The molecule has 0 aromatic heterocycles. The smallest absolute Gasteiger partial charge is 0.0707 e. The maximum atomic E-state index is 5.60. The van der Waals surface area contributed by atoms with Crippen LogP contribution in [0.25, 0.3) is 0 Å². The summed E-state index contributed by atoms with van der Waals surface area (Å²) in [6, 6.07) is 0. The summed E-state index contributed by atoms with van der Waals surface area (Å²) in [5, 5.41) is 0. The topological polar surface area (TPSA) is 18.5 Å². The van der Waals surface area contributed by atoms with Crippen molar-refractivity contribution in [1.82, 2.24) is 0 Å². The molecule has 0 radical (unpaired) electrons. The van der Waals surface area contributed by atoms with E-state index in [1.807, 2.05) is 13.8 Å². The Morgan fingerprint density at radius 2 is 1.75 bits per heavy atom. The molecule has 0 heterocycles. The summed E-state index contributed by atoms with van der Waals surface area (Å²) in [5.41, 5.74) is 0.000337. The van der Waals surface area contributed by atoms with E-state index < -0.39 is 0 Å². The van der Waals surface area contributed by atoms with Crippen LogP contribution in [-0.2, 0) is 9.47 Å². The summed E-state index contributed by atoms with van der Waals surface area (Å²) < 4.78 is 11.0. The Hall–Kier alpha value is -0.0800. The fraction of sp³-hybridized carbons (Fsp3) is 1.00. The van der Waals surface area contributed by atoms with Crippen molar-refractivity contribution < 1.29 is 9.47 Å². The first-order valence-corrected chi connectivity index (χ1v) is 4.73. The Morgan fingerprint density at radius 3 is 2.17 bits per heavy atom. The summed E-state index contributed by atoms with van der Waals surface area (Å²) in [6.45, 7) is 11.8. The van der Waals surface area contributed by atoms with Crippen molar-refractivity contribution in [3.8, 4) is 0 Å². The minimum atomic E-state index is 0.000337. The highest BCUT2D eigenvalue weighted by Gasteiger charge is 2.14. The fourth-order valence-electron chi connectivity index (χ4n) is 0.704. The maximum absolute atomic E-state index is 5.60. The molecule has 0 aliphatic heterocycles. The molecule has 12 heavy (non-hydrogen) atoms. The van der Waals surface area contributed by atoms with Gasteiger partial charge in [0.15, 0.2) is 0 Å². The van der Waals surface area contributed by atoms with Crippen molar-refractivity contribution in [2.75, 3.05) is 13.2 Å². The highest BCUT2D eigenvalue weighted by atomic mass is 16.5. The molecular formula is C10H22O2. The van der Waals surface area contributed by atoms with Crippen LogP contribution in [0.15, 0.2) is 0 Å². The van der Waals surface area contributed by atoms with Crippen molar-refractivity contribution in [3.63, 3.8) is 0 Å². The quantitative estimate of drug-likeness (QED) is 0.576. The second-order valence-corrected chi connectivity index (χ2v) is 3.88. The zero-order chi connectivity index (χ0) is 9.61. The Balaban J connectivity index is 3.31. The first kappa shape index (κ1) is 11.9. The van der Waals surface area contributed by atoms with E-state index in [-0.39, 0.29) is 5.60 Å². The van der Waals surface area contributed by atoms with Gasteiger partial charge in [0, 0.05) is 0 Å². The van der Waals surface area contributed by atoms with E-state index in [0.29, 0.717) is 19.3 Å². The van der Waals surface area contributed by atoms with Crippen molar-refractivity contribution >= 4 is 0 Å². The van der Waals surface area contributed by atoms with E-state index in [9.17, 15) is 0 Å². The van der Waals surface area contributed by atoms with Crippen LogP contribution in [-0.4, -0.2) is 24.9 Å².